The molecule has 6 nitrogen and oxygen atoms in total. The van der Waals surface area contributed by atoms with E-state index in [1.54, 1.807) is 18.2 Å². The van der Waals surface area contributed by atoms with Gasteiger partial charge in [-0.05, 0) is 18.2 Å². The second-order valence-electron chi connectivity index (χ2n) is 3.47. The average Bonchev–Trinajstić information content (AvgIpc) is 2.89. The van der Waals surface area contributed by atoms with Crippen molar-refractivity contribution in [3.8, 4) is 0 Å². The zero-order valence-corrected chi connectivity index (χ0v) is 10.3. The Balaban J connectivity index is 2.11. The number of furan rings is 1. The van der Waals surface area contributed by atoms with Crippen molar-refractivity contribution in [3.05, 3.63) is 63.1 Å². The Hall–Kier alpha value is -2.47. The Kier molecular flexibility index (Phi) is 4.04. The molecule has 0 N–H and O–H groups in total. The molecule has 0 amide bonds. The number of halogens is 1. The van der Waals surface area contributed by atoms with Gasteiger partial charge in [0.05, 0.1) is 23.6 Å². The maximum Gasteiger partial charge on any atom is 0.288 e. The Morgan fingerprint density at radius 3 is 2.74 bits per heavy atom. The second-order valence-corrected chi connectivity index (χ2v) is 3.88. The lowest BCUT2D eigenvalue weighted by Crippen LogP contribution is -1.91. The van der Waals surface area contributed by atoms with Gasteiger partial charge in [0.25, 0.3) is 5.69 Å². The molecule has 2 aromatic rings. The molecule has 0 spiro atoms. The number of hydrogen-bond donors (Lipinski definition) is 0. The van der Waals surface area contributed by atoms with Gasteiger partial charge in [-0.2, -0.15) is 10.2 Å². The summed E-state index contributed by atoms with van der Waals surface area (Å²) in [5, 5.41) is 18.3. The van der Waals surface area contributed by atoms with Crippen molar-refractivity contribution in [2.24, 2.45) is 10.2 Å². The zero-order valence-electron chi connectivity index (χ0n) is 9.56. The van der Waals surface area contributed by atoms with Crippen molar-refractivity contribution in [2.75, 3.05) is 0 Å². The summed E-state index contributed by atoms with van der Waals surface area (Å²) in [5.74, 6) is 0.569. The molecule has 0 saturated heterocycles. The summed E-state index contributed by atoms with van der Waals surface area (Å²) in [4.78, 5) is 10.1. The van der Waals surface area contributed by atoms with Crippen molar-refractivity contribution < 1.29 is 9.34 Å². The van der Waals surface area contributed by atoms with E-state index in [1.807, 2.05) is 0 Å². The summed E-state index contributed by atoms with van der Waals surface area (Å²) in [6, 6.07) is 7.84. The first-order valence-corrected chi connectivity index (χ1v) is 5.58. The molecule has 1 heterocycles. The summed E-state index contributed by atoms with van der Waals surface area (Å²) in [6.07, 6.45) is 4.34. The van der Waals surface area contributed by atoms with Crippen LogP contribution in [-0.4, -0.2) is 17.4 Å². The molecule has 0 unspecified atom stereocenters. The summed E-state index contributed by atoms with van der Waals surface area (Å²) in [5.41, 5.74) is 0.369. The first-order chi connectivity index (χ1) is 9.16. The lowest BCUT2D eigenvalue weighted by atomic mass is 10.2. The van der Waals surface area contributed by atoms with Crippen LogP contribution in [0.1, 0.15) is 11.3 Å². The third-order valence-electron chi connectivity index (χ3n) is 2.17. The Morgan fingerprint density at radius 2 is 2.05 bits per heavy atom. The lowest BCUT2D eigenvalue weighted by molar-refractivity contribution is -0.384. The predicted octanol–water partition coefficient (Wildman–Crippen LogP) is 3.29. The quantitative estimate of drug-likeness (QED) is 0.488. The van der Waals surface area contributed by atoms with E-state index in [0.717, 1.165) is 0 Å². The Bertz CT molecular complexity index is 636. The number of nitrogens with zero attached hydrogens (tertiary/aromatic N) is 3. The Morgan fingerprint density at radius 1 is 1.26 bits per heavy atom. The van der Waals surface area contributed by atoms with E-state index in [9.17, 15) is 10.1 Å². The van der Waals surface area contributed by atoms with Gasteiger partial charge in [-0.25, -0.2) is 0 Å². The van der Waals surface area contributed by atoms with Gasteiger partial charge in [-0.3, -0.25) is 10.1 Å². The number of nitro benzene ring substituents is 1. The predicted molar refractivity (Wildman–Crippen MR) is 72.0 cm³/mol. The number of rotatable bonds is 4. The van der Waals surface area contributed by atoms with Crippen molar-refractivity contribution in [2.45, 2.75) is 0 Å². The second kappa shape index (κ2) is 5.92. The van der Waals surface area contributed by atoms with Gasteiger partial charge in [0, 0.05) is 11.6 Å². The van der Waals surface area contributed by atoms with E-state index in [-0.39, 0.29) is 10.7 Å². The lowest BCUT2D eigenvalue weighted by Gasteiger charge is -1.95. The molecular formula is C12H8ClN3O3. The minimum atomic E-state index is -0.550. The molecule has 0 radical (unpaired) electrons. The van der Waals surface area contributed by atoms with Crippen molar-refractivity contribution in [3.63, 3.8) is 0 Å². The largest absolute Gasteiger partial charge is 0.463 e. The molecule has 0 saturated carbocycles. The SMILES string of the molecule is O=[N+]([O-])c1cc(/C=N\N=C\c2ccco2)ccc1Cl. The van der Waals surface area contributed by atoms with Crippen LogP contribution in [0.2, 0.25) is 5.02 Å². The maximum atomic E-state index is 10.7. The highest BCUT2D eigenvalue weighted by atomic mass is 35.5. The minimum absolute atomic E-state index is 0.0845. The van der Waals surface area contributed by atoms with Gasteiger partial charge in [-0.15, -0.1) is 0 Å². The van der Waals surface area contributed by atoms with Gasteiger partial charge < -0.3 is 4.42 Å². The van der Waals surface area contributed by atoms with Crippen LogP contribution < -0.4 is 0 Å². The fourth-order valence-corrected chi connectivity index (χ4v) is 1.49. The van der Waals surface area contributed by atoms with Crippen molar-refractivity contribution in [1.82, 2.24) is 0 Å². The molecule has 7 heteroatoms. The van der Waals surface area contributed by atoms with Gasteiger partial charge in [0.1, 0.15) is 10.8 Å². The Labute approximate surface area is 113 Å². The monoisotopic (exact) mass is 277 g/mol. The van der Waals surface area contributed by atoms with Gasteiger partial charge in [0.15, 0.2) is 0 Å². The third kappa shape index (κ3) is 3.49. The molecule has 2 rings (SSSR count). The van der Waals surface area contributed by atoms with Crippen LogP contribution >= 0.6 is 11.6 Å². The van der Waals surface area contributed by atoms with E-state index >= 15 is 0 Å². The molecule has 1 aromatic heterocycles. The molecule has 19 heavy (non-hydrogen) atoms. The normalized spacial score (nSPS) is 11.4. The van der Waals surface area contributed by atoms with E-state index in [0.29, 0.717) is 11.3 Å². The summed E-state index contributed by atoms with van der Waals surface area (Å²) in [6.45, 7) is 0. The first kappa shape index (κ1) is 13.0. The first-order valence-electron chi connectivity index (χ1n) is 5.20. The van der Waals surface area contributed by atoms with Crippen LogP contribution in [0, 0.1) is 10.1 Å². The number of nitro groups is 1. The highest BCUT2D eigenvalue weighted by Crippen LogP contribution is 2.24. The summed E-state index contributed by atoms with van der Waals surface area (Å²) >= 11 is 5.69. The van der Waals surface area contributed by atoms with Crippen molar-refractivity contribution in [1.29, 1.82) is 0 Å². The molecule has 0 bridgehead atoms. The van der Waals surface area contributed by atoms with Crippen LogP contribution in [-0.2, 0) is 0 Å². The fourth-order valence-electron chi connectivity index (χ4n) is 1.30. The highest BCUT2D eigenvalue weighted by Gasteiger charge is 2.11. The average molecular weight is 278 g/mol. The van der Waals surface area contributed by atoms with Gasteiger partial charge in [-0.1, -0.05) is 17.7 Å². The van der Waals surface area contributed by atoms with Crippen LogP contribution in [0.15, 0.2) is 51.2 Å². The van der Waals surface area contributed by atoms with E-state index in [1.165, 1.54) is 30.8 Å². The molecule has 0 aliphatic rings. The van der Waals surface area contributed by atoms with Crippen LogP contribution in [0.4, 0.5) is 5.69 Å². The smallest absolute Gasteiger partial charge is 0.288 e. The summed E-state index contributed by atoms with van der Waals surface area (Å²) < 4.78 is 5.02. The molecule has 0 fully saturated rings. The molecule has 0 aliphatic heterocycles. The molecule has 0 atom stereocenters. The molecule has 96 valence electrons. The standard InChI is InChI=1S/C12H8ClN3O3/c13-11-4-3-9(6-12(11)16(17)18)7-14-15-8-10-2-1-5-19-10/h1-8H/b14-7-,15-8+. The van der Waals surface area contributed by atoms with E-state index in [4.69, 9.17) is 16.0 Å². The fraction of sp³-hybridized carbons (Fsp3) is 0. The maximum absolute atomic E-state index is 10.7. The number of hydrogen-bond acceptors (Lipinski definition) is 5. The van der Waals surface area contributed by atoms with Crippen LogP contribution in [0.5, 0.6) is 0 Å². The minimum Gasteiger partial charge on any atom is -0.463 e. The van der Waals surface area contributed by atoms with E-state index in [2.05, 4.69) is 10.2 Å². The van der Waals surface area contributed by atoms with E-state index < -0.39 is 4.92 Å². The zero-order chi connectivity index (χ0) is 13.7. The highest BCUT2D eigenvalue weighted by molar-refractivity contribution is 6.32. The third-order valence-corrected chi connectivity index (χ3v) is 2.49. The van der Waals surface area contributed by atoms with Crippen LogP contribution in [0.25, 0.3) is 0 Å². The summed E-state index contributed by atoms with van der Waals surface area (Å²) in [7, 11) is 0. The number of benzene rings is 1. The topological polar surface area (TPSA) is 81.0 Å². The van der Waals surface area contributed by atoms with Crippen LogP contribution in [0.3, 0.4) is 0 Å². The van der Waals surface area contributed by atoms with Gasteiger partial charge in [0.2, 0.25) is 0 Å². The van der Waals surface area contributed by atoms with Crippen molar-refractivity contribution >= 4 is 29.7 Å². The molecule has 0 aliphatic carbocycles. The molecule has 1 aromatic carbocycles. The van der Waals surface area contributed by atoms with Gasteiger partial charge >= 0.3 is 0 Å². The molecular weight excluding hydrogens is 270 g/mol.